The minimum atomic E-state index is -0.0778. The molecule has 2 rings (SSSR count). The first-order valence-corrected chi connectivity index (χ1v) is 21.7. The highest BCUT2D eigenvalue weighted by Gasteiger charge is 2.14. The molecular formula is C46H77NO7. The van der Waals surface area contributed by atoms with Crippen LogP contribution in [-0.4, -0.2) is 78.9 Å². The number of carbonyl (C=O) groups is 1. The zero-order valence-corrected chi connectivity index (χ0v) is 34.6. The predicted molar refractivity (Wildman–Crippen MR) is 224 cm³/mol. The summed E-state index contributed by atoms with van der Waals surface area (Å²) in [7, 11) is 1.86. The average molecular weight is 756 g/mol. The third-order valence-corrected chi connectivity index (χ3v) is 9.64. The highest BCUT2D eigenvalue weighted by Crippen LogP contribution is 2.30. The zero-order valence-electron chi connectivity index (χ0n) is 34.6. The van der Waals surface area contributed by atoms with E-state index in [9.17, 15) is 4.79 Å². The second kappa shape index (κ2) is 34.8. The fourth-order valence-electron chi connectivity index (χ4n) is 6.28. The molecule has 2 aromatic carbocycles. The van der Waals surface area contributed by atoms with Crippen LogP contribution >= 0.6 is 0 Å². The van der Waals surface area contributed by atoms with Gasteiger partial charge in [-0.05, 0) is 55.3 Å². The number of ether oxygens (including phenoxy) is 6. The molecule has 0 amide bonds. The molecule has 0 atom stereocenters. The fourth-order valence-corrected chi connectivity index (χ4v) is 6.28. The van der Waals surface area contributed by atoms with E-state index in [1.165, 1.54) is 116 Å². The lowest BCUT2D eigenvalue weighted by atomic mass is 10.0. The number of ketones is 1. The first kappa shape index (κ1) is 47.5. The summed E-state index contributed by atoms with van der Waals surface area (Å²) in [4.78, 5) is 13.3. The van der Waals surface area contributed by atoms with Gasteiger partial charge in [0.25, 0.3) is 0 Å². The molecule has 0 bridgehead atoms. The Balaban J connectivity index is 1.63. The number of hydrogen-bond acceptors (Lipinski definition) is 8. The molecule has 0 spiro atoms. The van der Waals surface area contributed by atoms with Gasteiger partial charge in [0.1, 0.15) is 13.2 Å². The molecule has 0 saturated carbocycles. The van der Waals surface area contributed by atoms with Crippen molar-refractivity contribution in [1.82, 2.24) is 0 Å². The molecule has 2 aromatic rings. The van der Waals surface area contributed by atoms with Gasteiger partial charge in [-0.15, -0.1) is 0 Å². The summed E-state index contributed by atoms with van der Waals surface area (Å²) >= 11 is 0. The standard InChI is InChI=1S/C46H77NO7/c1-4-6-8-10-12-14-16-18-20-22-30-49-32-34-51-36-38-53-44-29-26-42(46(48)41-24-27-43(47-3)28-25-41)40-45(44)54-39-37-52-35-33-50-31-23-21-19-17-15-13-11-9-7-5-2/h24-29,40,47H,4-23,30-39H2,1-3H3. The Hall–Kier alpha value is -2.65. The van der Waals surface area contributed by atoms with Crippen LogP contribution in [0.2, 0.25) is 0 Å². The highest BCUT2D eigenvalue weighted by molar-refractivity contribution is 6.09. The Morgan fingerprint density at radius 1 is 0.426 bits per heavy atom. The molecule has 8 heteroatoms. The topological polar surface area (TPSA) is 84.5 Å². The van der Waals surface area contributed by atoms with Gasteiger partial charge in [0.2, 0.25) is 0 Å². The lowest BCUT2D eigenvalue weighted by molar-refractivity contribution is 0.0320. The molecule has 308 valence electrons. The largest absolute Gasteiger partial charge is 0.487 e. The molecule has 1 N–H and O–H groups in total. The van der Waals surface area contributed by atoms with Crippen LogP contribution in [0.4, 0.5) is 5.69 Å². The Kier molecular flexibility index (Phi) is 30.6. The van der Waals surface area contributed by atoms with Crippen LogP contribution in [0.1, 0.15) is 158 Å². The van der Waals surface area contributed by atoms with E-state index in [-0.39, 0.29) is 5.78 Å². The number of nitrogens with one attached hydrogen (secondary N) is 1. The van der Waals surface area contributed by atoms with Crippen molar-refractivity contribution in [3.05, 3.63) is 53.6 Å². The van der Waals surface area contributed by atoms with Gasteiger partial charge in [-0.25, -0.2) is 0 Å². The van der Waals surface area contributed by atoms with Crippen LogP contribution in [0.5, 0.6) is 11.5 Å². The van der Waals surface area contributed by atoms with Gasteiger partial charge in [-0.3, -0.25) is 4.79 Å². The number of rotatable bonds is 39. The van der Waals surface area contributed by atoms with Gasteiger partial charge in [-0.2, -0.15) is 0 Å². The molecule has 0 saturated heterocycles. The van der Waals surface area contributed by atoms with Crippen LogP contribution in [-0.2, 0) is 18.9 Å². The summed E-state index contributed by atoms with van der Waals surface area (Å²) < 4.78 is 35.2. The van der Waals surface area contributed by atoms with E-state index in [1.807, 2.05) is 31.3 Å². The molecule has 0 heterocycles. The molecule has 0 aliphatic carbocycles. The van der Waals surface area contributed by atoms with Crippen LogP contribution in [0.3, 0.4) is 0 Å². The minimum Gasteiger partial charge on any atom is -0.487 e. The summed E-state index contributed by atoms with van der Waals surface area (Å²) in [6.45, 7) is 9.85. The summed E-state index contributed by atoms with van der Waals surface area (Å²) in [5.41, 5.74) is 2.09. The molecule has 0 aromatic heterocycles. The van der Waals surface area contributed by atoms with E-state index in [1.54, 1.807) is 18.2 Å². The maximum Gasteiger partial charge on any atom is 0.193 e. The number of hydrogen-bond donors (Lipinski definition) is 1. The Morgan fingerprint density at radius 3 is 1.24 bits per heavy atom. The third-order valence-electron chi connectivity index (χ3n) is 9.64. The van der Waals surface area contributed by atoms with Crippen molar-refractivity contribution in [2.24, 2.45) is 0 Å². The number of anilines is 1. The smallest absolute Gasteiger partial charge is 0.193 e. The van der Waals surface area contributed by atoms with Crippen molar-refractivity contribution in [2.75, 3.05) is 78.4 Å². The molecule has 0 aliphatic heterocycles. The fraction of sp³-hybridized carbons (Fsp3) is 0.717. The van der Waals surface area contributed by atoms with Crippen LogP contribution < -0.4 is 14.8 Å². The van der Waals surface area contributed by atoms with E-state index in [4.69, 9.17) is 28.4 Å². The first-order valence-electron chi connectivity index (χ1n) is 21.7. The van der Waals surface area contributed by atoms with Gasteiger partial charge in [0.05, 0.1) is 39.6 Å². The quantitative estimate of drug-likeness (QED) is 0.0533. The lowest BCUT2D eigenvalue weighted by Gasteiger charge is -2.15. The van der Waals surface area contributed by atoms with Crippen LogP contribution in [0.15, 0.2) is 42.5 Å². The first-order chi connectivity index (χ1) is 26.7. The Bertz CT molecular complexity index is 1140. The van der Waals surface area contributed by atoms with Crippen molar-refractivity contribution >= 4 is 11.5 Å². The average Bonchev–Trinajstić information content (AvgIpc) is 3.20. The van der Waals surface area contributed by atoms with Gasteiger partial charge >= 0.3 is 0 Å². The molecule has 54 heavy (non-hydrogen) atoms. The number of carbonyl (C=O) groups excluding carboxylic acids is 1. The van der Waals surface area contributed by atoms with Gasteiger partial charge in [0.15, 0.2) is 17.3 Å². The summed E-state index contributed by atoms with van der Waals surface area (Å²) in [5, 5.41) is 3.09. The Labute approximate surface area is 329 Å². The Morgan fingerprint density at radius 2 is 0.796 bits per heavy atom. The van der Waals surface area contributed by atoms with Crippen molar-refractivity contribution in [3.63, 3.8) is 0 Å². The predicted octanol–water partition coefficient (Wildman–Crippen LogP) is 11.6. The maximum absolute atomic E-state index is 13.3. The van der Waals surface area contributed by atoms with Crippen molar-refractivity contribution in [1.29, 1.82) is 0 Å². The van der Waals surface area contributed by atoms with E-state index >= 15 is 0 Å². The molecule has 0 radical (unpaired) electrons. The van der Waals surface area contributed by atoms with E-state index in [0.717, 1.165) is 31.7 Å². The third kappa shape index (κ3) is 24.7. The van der Waals surface area contributed by atoms with E-state index in [2.05, 4.69) is 19.2 Å². The van der Waals surface area contributed by atoms with Crippen molar-refractivity contribution in [2.45, 2.75) is 142 Å². The van der Waals surface area contributed by atoms with Crippen molar-refractivity contribution < 1.29 is 33.2 Å². The second-order valence-electron chi connectivity index (χ2n) is 14.3. The van der Waals surface area contributed by atoms with Crippen LogP contribution in [0.25, 0.3) is 0 Å². The molecular weight excluding hydrogens is 679 g/mol. The number of unbranched alkanes of at least 4 members (excludes halogenated alkanes) is 18. The van der Waals surface area contributed by atoms with E-state index < -0.39 is 0 Å². The van der Waals surface area contributed by atoms with Crippen molar-refractivity contribution in [3.8, 4) is 11.5 Å². The minimum absolute atomic E-state index is 0.0778. The summed E-state index contributed by atoms with van der Waals surface area (Å²) in [6, 6.07) is 12.8. The summed E-state index contributed by atoms with van der Waals surface area (Å²) in [6.07, 6.45) is 26.4. The lowest BCUT2D eigenvalue weighted by Crippen LogP contribution is -2.14. The van der Waals surface area contributed by atoms with Gasteiger partial charge in [0, 0.05) is 37.1 Å². The summed E-state index contributed by atoms with van der Waals surface area (Å²) in [5.74, 6) is 0.997. The number of benzene rings is 2. The highest BCUT2D eigenvalue weighted by atomic mass is 16.6. The molecule has 0 unspecified atom stereocenters. The molecule has 0 fully saturated rings. The maximum atomic E-state index is 13.3. The van der Waals surface area contributed by atoms with E-state index in [0.29, 0.717) is 75.5 Å². The monoisotopic (exact) mass is 756 g/mol. The molecule has 0 aliphatic rings. The second-order valence-corrected chi connectivity index (χ2v) is 14.3. The zero-order chi connectivity index (χ0) is 38.6. The SMILES string of the molecule is CCCCCCCCCCCCOCCOCCOc1ccc(C(=O)c2ccc(NC)cc2)cc1OCCOCCOCCCCCCCCCCCC. The van der Waals surface area contributed by atoms with Crippen LogP contribution in [0, 0.1) is 0 Å². The van der Waals surface area contributed by atoms with Gasteiger partial charge < -0.3 is 33.7 Å². The molecule has 8 nitrogen and oxygen atoms in total. The van der Waals surface area contributed by atoms with Gasteiger partial charge in [-0.1, -0.05) is 129 Å². The normalized spacial score (nSPS) is 11.2.